The summed E-state index contributed by atoms with van der Waals surface area (Å²) in [6.45, 7) is 3.63. The number of ether oxygens (including phenoxy) is 1. The first kappa shape index (κ1) is 12.6. The normalized spacial score (nSPS) is 17.1. The first-order valence-electron chi connectivity index (χ1n) is 5.91. The van der Waals surface area contributed by atoms with Crippen LogP contribution in [0.1, 0.15) is 24.1 Å². The molecule has 1 saturated heterocycles. The Morgan fingerprint density at radius 1 is 1.47 bits per heavy atom. The lowest BCUT2D eigenvalue weighted by molar-refractivity contribution is 0.0852. The van der Waals surface area contributed by atoms with Gasteiger partial charge in [0.15, 0.2) is 0 Å². The van der Waals surface area contributed by atoms with Gasteiger partial charge >= 0.3 is 0 Å². The fourth-order valence-corrected chi connectivity index (χ4v) is 2.28. The highest BCUT2D eigenvalue weighted by molar-refractivity contribution is 6.17. The van der Waals surface area contributed by atoms with Crippen LogP contribution in [-0.4, -0.2) is 36.3 Å². The highest BCUT2D eigenvalue weighted by Crippen LogP contribution is 2.19. The van der Waals surface area contributed by atoms with Crippen LogP contribution in [0.15, 0.2) is 6.20 Å². The van der Waals surface area contributed by atoms with E-state index in [9.17, 15) is 0 Å². The molecule has 2 rings (SSSR count). The van der Waals surface area contributed by atoms with Crippen LogP contribution >= 0.6 is 11.6 Å². The maximum absolute atomic E-state index is 5.80. The first-order chi connectivity index (χ1) is 8.22. The lowest BCUT2D eigenvalue weighted by atomic mass is 10.1. The zero-order valence-corrected chi connectivity index (χ0v) is 11.1. The lowest BCUT2D eigenvalue weighted by Crippen LogP contribution is -2.37. The topological polar surface area (TPSA) is 38.2 Å². The summed E-state index contributed by atoms with van der Waals surface area (Å²) in [6.07, 6.45) is 3.90. The van der Waals surface area contributed by atoms with Crippen LogP contribution in [0.5, 0.6) is 0 Å². The maximum Gasteiger partial charge on any atom is 0.225 e. The van der Waals surface area contributed by atoms with Crippen LogP contribution in [0.4, 0.5) is 5.95 Å². The van der Waals surface area contributed by atoms with Crippen LogP contribution in [0.2, 0.25) is 0 Å². The monoisotopic (exact) mass is 255 g/mol. The van der Waals surface area contributed by atoms with Gasteiger partial charge in [-0.25, -0.2) is 9.97 Å². The summed E-state index contributed by atoms with van der Waals surface area (Å²) in [5.74, 6) is 1.25. The molecule has 1 aromatic rings. The van der Waals surface area contributed by atoms with Gasteiger partial charge in [0.05, 0.1) is 5.88 Å². The molecule has 0 unspecified atom stereocenters. The van der Waals surface area contributed by atoms with Gasteiger partial charge in [-0.2, -0.15) is 0 Å². The average Bonchev–Trinajstić information content (AvgIpc) is 2.39. The number of aryl methyl sites for hydroxylation is 1. The molecule has 0 N–H and O–H groups in total. The fraction of sp³-hybridized carbons (Fsp3) is 0.667. The van der Waals surface area contributed by atoms with Gasteiger partial charge in [0.1, 0.15) is 0 Å². The second kappa shape index (κ2) is 5.65. The third-order valence-corrected chi connectivity index (χ3v) is 3.55. The van der Waals surface area contributed by atoms with Crippen molar-refractivity contribution in [3.63, 3.8) is 0 Å². The van der Waals surface area contributed by atoms with E-state index in [0.717, 1.165) is 43.3 Å². The van der Waals surface area contributed by atoms with E-state index in [-0.39, 0.29) is 0 Å². The Hall–Kier alpha value is -0.870. The third-order valence-electron chi connectivity index (χ3n) is 3.27. The van der Waals surface area contributed by atoms with Crippen LogP contribution < -0.4 is 4.90 Å². The zero-order valence-electron chi connectivity index (χ0n) is 10.3. The highest BCUT2D eigenvalue weighted by atomic mass is 35.5. The third kappa shape index (κ3) is 2.87. The molecular weight excluding hydrogens is 238 g/mol. The molecular formula is C12H18ClN3O. The van der Waals surface area contributed by atoms with E-state index in [0.29, 0.717) is 11.9 Å². The molecule has 1 aliphatic heterocycles. The number of aromatic nitrogens is 2. The molecule has 1 aliphatic rings. The Morgan fingerprint density at radius 2 is 2.18 bits per heavy atom. The Morgan fingerprint density at radius 3 is 2.76 bits per heavy atom. The Balaban J connectivity index is 2.12. The molecule has 0 spiro atoms. The Labute approximate surface area is 107 Å². The van der Waals surface area contributed by atoms with Gasteiger partial charge in [-0.05, 0) is 19.8 Å². The summed E-state index contributed by atoms with van der Waals surface area (Å²) in [5, 5.41) is 0. The van der Waals surface area contributed by atoms with Crippen LogP contribution in [-0.2, 0) is 10.6 Å². The van der Waals surface area contributed by atoms with Crippen molar-refractivity contribution in [2.24, 2.45) is 0 Å². The molecule has 0 bridgehead atoms. The molecule has 1 fully saturated rings. The van der Waals surface area contributed by atoms with Crippen molar-refractivity contribution < 1.29 is 4.74 Å². The Bertz CT molecular complexity index is 380. The van der Waals surface area contributed by atoms with E-state index in [1.54, 1.807) is 0 Å². The van der Waals surface area contributed by atoms with Gasteiger partial charge in [-0.1, -0.05) is 0 Å². The summed E-state index contributed by atoms with van der Waals surface area (Å²) in [6, 6.07) is 0.477. The predicted octanol–water partition coefficient (Wildman–Crippen LogP) is 2.14. The summed E-state index contributed by atoms with van der Waals surface area (Å²) in [4.78, 5) is 11.0. The zero-order chi connectivity index (χ0) is 12.3. The van der Waals surface area contributed by atoms with Crippen LogP contribution in [0.25, 0.3) is 0 Å². The van der Waals surface area contributed by atoms with Gasteiger partial charge in [-0.15, -0.1) is 11.6 Å². The molecule has 94 valence electrons. The van der Waals surface area contributed by atoms with Gasteiger partial charge in [0, 0.05) is 43.8 Å². The lowest BCUT2D eigenvalue weighted by Gasteiger charge is -2.31. The number of hydrogen-bond acceptors (Lipinski definition) is 4. The molecule has 0 atom stereocenters. The van der Waals surface area contributed by atoms with Crippen molar-refractivity contribution in [3.8, 4) is 0 Å². The quantitative estimate of drug-likeness (QED) is 0.776. The summed E-state index contributed by atoms with van der Waals surface area (Å²) in [7, 11) is 2.05. The van der Waals surface area contributed by atoms with E-state index in [2.05, 4.69) is 14.9 Å². The number of alkyl halides is 1. The van der Waals surface area contributed by atoms with E-state index in [4.69, 9.17) is 16.3 Å². The number of halogens is 1. The predicted molar refractivity (Wildman–Crippen MR) is 68.6 cm³/mol. The number of hydrogen-bond donors (Lipinski definition) is 0. The van der Waals surface area contributed by atoms with Crippen molar-refractivity contribution in [2.75, 3.05) is 25.2 Å². The summed E-state index contributed by atoms with van der Waals surface area (Å²) >= 11 is 5.80. The number of rotatable bonds is 3. The van der Waals surface area contributed by atoms with Gasteiger partial charge in [0.25, 0.3) is 0 Å². The molecule has 17 heavy (non-hydrogen) atoms. The van der Waals surface area contributed by atoms with Crippen molar-refractivity contribution in [1.29, 1.82) is 0 Å². The molecule has 1 aromatic heterocycles. The average molecular weight is 256 g/mol. The summed E-state index contributed by atoms with van der Waals surface area (Å²) < 4.78 is 5.36. The highest BCUT2D eigenvalue weighted by Gasteiger charge is 2.20. The fourth-order valence-electron chi connectivity index (χ4n) is 2.02. The minimum absolute atomic E-state index is 0.465. The standard InChI is InChI=1S/C12H18ClN3O/c1-9-10(7-13)8-14-12(15-9)16(2)11-3-5-17-6-4-11/h8,11H,3-7H2,1-2H3. The molecule has 0 saturated carbocycles. The van der Waals surface area contributed by atoms with E-state index in [1.165, 1.54) is 0 Å². The second-order valence-corrected chi connectivity index (χ2v) is 4.64. The van der Waals surface area contributed by atoms with E-state index in [1.807, 2.05) is 20.2 Å². The maximum atomic E-state index is 5.80. The SMILES string of the molecule is Cc1nc(N(C)C2CCOCC2)ncc1CCl. The van der Waals surface area contributed by atoms with Crippen molar-refractivity contribution in [1.82, 2.24) is 9.97 Å². The van der Waals surface area contributed by atoms with Crippen LogP contribution in [0.3, 0.4) is 0 Å². The molecule has 0 radical (unpaired) electrons. The number of nitrogens with zero attached hydrogens (tertiary/aromatic N) is 3. The minimum Gasteiger partial charge on any atom is -0.381 e. The smallest absolute Gasteiger partial charge is 0.225 e. The van der Waals surface area contributed by atoms with Gasteiger partial charge < -0.3 is 9.64 Å². The molecule has 0 aliphatic carbocycles. The molecule has 0 amide bonds. The minimum atomic E-state index is 0.465. The van der Waals surface area contributed by atoms with Crippen LogP contribution in [0, 0.1) is 6.92 Å². The number of anilines is 1. The van der Waals surface area contributed by atoms with Gasteiger partial charge in [0.2, 0.25) is 5.95 Å². The van der Waals surface area contributed by atoms with Gasteiger partial charge in [-0.3, -0.25) is 0 Å². The largest absolute Gasteiger partial charge is 0.381 e. The first-order valence-corrected chi connectivity index (χ1v) is 6.45. The molecule has 0 aromatic carbocycles. The van der Waals surface area contributed by atoms with Crippen molar-refractivity contribution in [2.45, 2.75) is 31.7 Å². The Kier molecular flexibility index (Phi) is 4.18. The summed E-state index contributed by atoms with van der Waals surface area (Å²) in [5.41, 5.74) is 1.96. The van der Waals surface area contributed by atoms with Crippen molar-refractivity contribution >= 4 is 17.5 Å². The molecule has 5 heteroatoms. The molecule has 4 nitrogen and oxygen atoms in total. The molecule has 2 heterocycles. The second-order valence-electron chi connectivity index (χ2n) is 4.37. The van der Waals surface area contributed by atoms with Crippen molar-refractivity contribution in [3.05, 3.63) is 17.5 Å². The van der Waals surface area contributed by atoms with E-state index < -0.39 is 0 Å². The van der Waals surface area contributed by atoms with E-state index >= 15 is 0 Å².